The lowest BCUT2D eigenvalue weighted by Gasteiger charge is -2.25. The van der Waals surface area contributed by atoms with Crippen molar-refractivity contribution in [2.45, 2.75) is 26.3 Å². The fraction of sp³-hybridized carbons (Fsp3) is 0.174. The van der Waals surface area contributed by atoms with Gasteiger partial charge >= 0.3 is 0 Å². The molecule has 0 saturated carbocycles. The molecule has 0 aliphatic rings. The summed E-state index contributed by atoms with van der Waals surface area (Å²) in [6.45, 7) is 6.30. The fourth-order valence-electron chi connectivity index (χ4n) is 3.78. The van der Waals surface area contributed by atoms with E-state index in [2.05, 4.69) is 56.4 Å². The maximum atomic E-state index is 9.49. The maximum absolute atomic E-state index is 9.49. The second-order valence-electron chi connectivity index (χ2n) is 8.49. The van der Waals surface area contributed by atoms with Gasteiger partial charge in [0, 0.05) is 23.5 Å². The van der Waals surface area contributed by atoms with Crippen LogP contribution in [-0.4, -0.2) is 39.3 Å². The highest BCUT2D eigenvalue weighted by atomic mass is 15.3. The average molecular weight is 436 g/mol. The molecule has 33 heavy (non-hydrogen) atoms. The molecule has 0 radical (unpaired) electrons. The predicted molar refractivity (Wildman–Crippen MR) is 123 cm³/mol. The monoisotopic (exact) mass is 436 g/mol. The molecular weight excluding hydrogens is 416 g/mol. The Kier molecular flexibility index (Phi) is 4.60. The summed E-state index contributed by atoms with van der Waals surface area (Å²) in [6, 6.07) is 11.6. The molecule has 5 rings (SSSR count). The zero-order valence-corrected chi connectivity index (χ0v) is 18.3. The smallest absolute Gasteiger partial charge is 0.219 e. The van der Waals surface area contributed by atoms with Crippen LogP contribution in [0.25, 0.3) is 39.4 Å². The van der Waals surface area contributed by atoms with Gasteiger partial charge in [-0.3, -0.25) is 0 Å². The molecule has 10 nitrogen and oxygen atoms in total. The Bertz CT molecular complexity index is 1500. The van der Waals surface area contributed by atoms with E-state index in [1.165, 1.54) is 6.33 Å². The first-order chi connectivity index (χ1) is 15.8. The summed E-state index contributed by atoms with van der Waals surface area (Å²) in [5.74, 6) is 0.856. The Morgan fingerprint density at radius 1 is 1.00 bits per heavy atom. The highest BCUT2D eigenvalue weighted by Crippen LogP contribution is 2.34. The maximum Gasteiger partial charge on any atom is 0.219 e. The lowest BCUT2D eigenvalue weighted by atomic mass is 10.1. The van der Waals surface area contributed by atoms with Gasteiger partial charge in [-0.25, -0.2) is 29.6 Å². The minimum atomic E-state index is -0.320. The highest BCUT2D eigenvalue weighted by molar-refractivity contribution is 5.86. The Labute approximate surface area is 189 Å². The molecule has 2 N–H and O–H groups in total. The van der Waals surface area contributed by atoms with Crippen LogP contribution in [0, 0.1) is 11.3 Å². The molecule has 0 unspecified atom stereocenters. The Balaban J connectivity index is 1.78. The molecule has 0 aliphatic carbocycles. The summed E-state index contributed by atoms with van der Waals surface area (Å²) in [4.78, 5) is 21.8. The SMILES string of the molecule is CC(C)(C)n1c(-c2nc(C#N)ccc2-n2cncn2)nc2cc(-c3cnc(N)nc3)ccc21. The van der Waals surface area contributed by atoms with E-state index in [1.807, 2.05) is 18.2 Å². The molecule has 4 heterocycles. The first kappa shape index (κ1) is 20.3. The number of aromatic nitrogens is 8. The molecule has 0 bridgehead atoms. The second kappa shape index (κ2) is 7.49. The van der Waals surface area contributed by atoms with E-state index in [1.54, 1.807) is 35.5 Å². The van der Waals surface area contributed by atoms with Crippen LogP contribution in [0.3, 0.4) is 0 Å². The number of hydrogen-bond acceptors (Lipinski definition) is 8. The molecule has 10 heteroatoms. The number of fused-ring (bicyclic) bond motifs is 1. The van der Waals surface area contributed by atoms with Gasteiger partial charge < -0.3 is 10.3 Å². The van der Waals surface area contributed by atoms with Crippen molar-refractivity contribution in [3.63, 3.8) is 0 Å². The minimum absolute atomic E-state index is 0.225. The van der Waals surface area contributed by atoms with Gasteiger partial charge in [0.1, 0.15) is 30.1 Å². The van der Waals surface area contributed by atoms with Crippen LogP contribution in [0.15, 0.2) is 55.4 Å². The van der Waals surface area contributed by atoms with Crippen LogP contribution in [-0.2, 0) is 5.54 Å². The Morgan fingerprint density at radius 2 is 1.79 bits per heavy atom. The summed E-state index contributed by atoms with van der Waals surface area (Å²) in [6.07, 6.45) is 6.42. The summed E-state index contributed by atoms with van der Waals surface area (Å²) in [7, 11) is 0. The molecule has 0 atom stereocenters. The lowest BCUT2D eigenvalue weighted by Crippen LogP contribution is -2.23. The van der Waals surface area contributed by atoms with Gasteiger partial charge in [-0.1, -0.05) is 6.07 Å². The van der Waals surface area contributed by atoms with Gasteiger partial charge in [0.2, 0.25) is 5.95 Å². The number of rotatable bonds is 3. The minimum Gasteiger partial charge on any atom is -0.368 e. The molecule has 0 aliphatic heterocycles. The molecular formula is C23H20N10. The van der Waals surface area contributed by atoms with Crippen LogP contribution in [0.2, 0.25) is 0 Å². The molecule has 162 valence electrons. The number of benzene rings is 1. The normalized spacial score (nSPS) is 11.6. The van der Waals surface area contributed by atoms with Crippen molar-refractivity contribution in [1.82, 2.24) is 39.3 Å². The summed E-state index contributed by atoms with van der Waals surface area (Å²) < 4.78 is 3.74. The zero-order valence-electron chi connectivity index (χ0n) is 18.3. The van der Waals surface area contributed by atoms with Gasteiger partial charge in [0.05, 0.1) is 16.7 Å². The first-order valence-corrected chi connectivity index (χ1v) is 10.2. The topological polar surface area (TPSA) is 137 Å². The van der Waals surface area contributed by atoms with Gasteiger partial charge in [-0.05, 0) is 50.6 Å². The number of nitrogens with zero attached hydrogens (tertiary/aromatic N) is 9. The first-order valence-electron chi connectivity index (χ1n) is 10.2. The molecule has 5 aromatic rings. The van der Waals surface area contributed by atoms with E-state index < -0.39 is 0 Å². The summed E-state index contributed by atoms with van der Waals surface area (Å²) in [5, 5.41) is 13.7. The fourth-order valence-corrected chi connectivity index (χ4v) is 3.78. The zero-order chi connectivity index (χ0) is 23.2. The van der Waals surface area contributed by atoms with Crippen LogP contribution in [0.4, 0.5) is 5.95 Å². The lowest BCUT2D eigenvalue weighted by molar-refractivity contribution is 0.412. The summed E-state index contributed by atoms with van der Waals surface area (Å²) in [5.41, 5.74) is 10.3. The number of nitrogens with two attached hydrogens (primary N) is 1. The van der Waals surface area contributed by atoms with E-state index in [9.17, 15) is 5.26 Å². The van der Waals surface area contributed by atoms with Gasteiger partial charge in [-0.15, -0.1) is 0 Å². The van der Waals surface area contributed by atoms with Crippen LogP contribution < -0.4 is 5.73 Å². The quantitative estimate of drug-likeness (QED) is 0.454. The molecule has 4 aromatic heterocycles. The van der Waals surface area contributed by atoms with Gasteiger partial charge in [0.25, 0.3) is 0 Å². The van der Waals surface area contributed by atoms with E-state index in [4.69, 9.17) is 10.7 Å². The van der Waals surface area contributed by atoms with Crippen molar-refractivity contribution >= 4 is 17.0 Å². The number of nitrogen functional groups attached to an aromatic ring is 1. The van der Waals surface area contributed by atoms with Crippen LogP contribution in [0.5, 0.6) is 0 Å². The number of pyridine rings is 1. The van der Waals surface area contributed by atoms with E-state index in [0.29, 0.717) is 22.9 Å². The third-order valence-corrected chi connectivity index (χ3v) is 5.20. The van der Waals surface area contributed by atoms with Crippen molar-refractivity contribution in [3.8, 4) is 34.4 Å². The van der Waals surface area contributed by atoms with Crippen molar-refractivity contribution in [1.29, 1.82) is 5.26 Å². The Morgan fingerprint density at radius 3 is 2.45 bits per heavy atom. The largest absolute Gasteiger partial charge is 0.368 e. The number of nitriles is 1. The van der Waals surface area contributed by atoms with E-state index in [0.717, 1.165) is 22.2 Å². The number of imidazole rings is 1. The number of anilines is 1. The third kappa shape index (κ3) is 3.55. The van der Waals surface area contributed by atoms with Crippen molar-refractivity contribution in [2.75, 3.05) is 5.73 Å². The van der Waals surface area contributed by atoms with Crippen molar-refractivity contribution in [3.05, 3.63) is 61.1 Å². The van der Waals surface area contributed by atoms with E-state index in [-0.39, 0.29) is 11.5 Å². The Hall–Kier alpha value is -4.65. The third-order valence-electron chi connectivity index (χ3n) is 5.20. The predicted octanol–water partition coefficient (Wildman–Crippen LogP) is 3.34. The molecule has 1 aromatic carbocycles. The molecule has 0 saturated heterocycles. The molecule has 0 fully saturated rings. The van der Waals surface area contributed by atoms with Gasteiger partial charge in [-0.2, -0.15) is 10.4 Å². The van der Waals surface area contributed by atoms with Crippen molar-refractivity contribution < 1.29 is 0 Å². The molecule has 0 amide bonds. The second-order valence-corrected chi connectivity index (χ2v) is 8.49. The van der Waals surface area contributed by atoms with Crippen LogP contribution >= 0.6 is 0 Å². The number of hydrogen-bond donors (Lipinski definition) is 1. The standard InChI is InChI=1S/C23H20N10/c1-23(2,3)33-18-6-4-14(15-10-27-22(25)28-11-15)8-17(18)31-21(33)20-19(32-13-26-12-29-32)7-5-16(9-24)30-20/h4-8,10-13H,1-3H3,(H2,25,27,28). The summed E-state index contributed by atoms with van der Waals surface area (Å²) >= 11 is 0. The van der Waals surface area contributed by atoms with Crippen LogP contribution in [0.1, 0.15) is 26.5 Å². The average Bonchev–Trinajstić information content (AvgIpc) is 3.46. The highest BCUT2D eigenvalue weighted by Gasteiger charge is 2.26. The van der Waals surface area contributed by atoms with Crippen molar-refractivity contribution in [2.24, 2.45) is 0 Å². The van der Waals surface area contributed by atoms with Gasteiger partial charge in [0.15, 0.2) is 5.82 Å². The molecule has 0 spiro atoms. The van der Waals surface area contributed by atoms with E-state index >= 15 is 0 Å².